The summed E-state index contributed by atoms with van der Waals surface area (Å²) in [5.41, 5.74) is 0. The fraction of sp³-hybridized carbons (Fsp3) is 0.750. The largest absolute Gasteiger partial charge is 0.467 e. The summed E-state index contributed by atoms with van der Waals surface area (Å²) in [5, 5.41) is 10.1. The fourth-order valence-electron chi connectivity index (χ4n) is 2.88. The van der Waals surface area contributed by atoms with Gasteiger partial charge in [-0.3, -0.25) is 4.90 Å². The molecule has 1 N–H and O–H groups in total. The van der Waals surface area contributed by atoms with Crippen LogP contribution >= 0.6 is 0 Å². The second-order valence-corrected chi connectivity index (χ2v) is 6.09. The number of nitrogens with zero attached hydrogens (tertiary/aromatic N) is 1. The van der Waals surface area contributed by atoms with E-state index in [9.17, 15) is 5.11 Å². The quantitative estimate of drug-likeness (QED) is 0.871. The Morgan fingerprint density at radius 3 is 3.05 bits per heavy atom. The summed E-state index contributed by atoms with van der Waals surface area (Å²) < 4.78 is 10.7. The SMILES string of the molecule is CC1CCCC(C)N(CC(O)COCc2ccco2)C1. The van der Waals surface area contributed by atoms with Gasteiger partial charge in [-0.1, -0.05) is 13.3 Å². The maximum absolute atomic E-state index is 10.1. The van der Waals surface area contributed by atoms with Gasteiger partial charge in [0.25, 0.3) is 0 Å². The highest BCUT2D eigenvalue weighted by Gasteiger charge is 2.22. The number of hydrogen-bond donors (Lipinski definition) is 1. The number of furan rings is 1. The third kappa shape index (κ3) is 4.93. The molecule has 2 heterocycles. The summed E-state index contributed by atoms with van der Waals surface area (Å²) in [5.74, 6) is 1.52. The van der Waals surface area contributed by atoms with E-state index in [0.717, 1.165) is 18.2 Å². The zero-order valence-electron chi connectivity index (χ0n) is 12.6. The molecule has 0 saturated carbocycles. The van der Waals surface area contributed by atoms with Crippen molar-refractivity contribution in [3.05, 3.63) is 24.2 Å². The van der Waals surface area contributed by atoms with Crippen LogP contribution in [0.1, 0.15) is 38.9 Å². The molecule has 1 aromatic rings. The number of rotatable bonds is 6. The Bertz CT molecular complexity index is 366. The Morgan fingerprint density at radius 2 is 2.30 bits per heavy atom. The standard InChI is InChI=1S/C16H27NO3/c1-13-5-3-6-14(2)17(9-13)10-15(18)11-19-12-16-7-4-8-20-16/h4,7-8,13-15,18H,3,5-6,9-12H2,1-2H3. The molecule has 0 amide bonds. The minimum Gasteiger partial charge on any atom is -0.467 e. The molecule has 0 aliphatic carbocycles. The molecule has 1 saturated heterocycles. The van der Waals surface area contributed by atoms with Crippen molar-refractivity contribution in [2.45, 2.75) is 51.9 Å². The molecule has 1 fully saturated rings. The molecule has 20 heavy (non-hydrogen) atoms. The number of aliphatic hydroxyl groups excluding tert-OH is 1. The Kier molecular flexibility index (Phi) is 6.07. The van der Waals surface area contributed by atoms with Crippen molar-refractivity contribution >= 4 is 0 Å². The van der Waals surface area contributed by atoms with Crippen LogP contribution in [0.5, 0.6) is 0 Å². The summed E-state index contributed by atoms with van der Waals surface area (Å²) >= 11 is 0. The van der Waals surface area contributed by atoms with Gasteiger partial charge in [-0.15, -0.1) is 0 Å². The van der Waals surface area contributed by atoms with E-state index in [1.807, 2.05) is 12.1 Å². The van der Waals surface area contributed by atoms with Gasteiger partial charge in [-0.2, -0.15) is 0 Å². The van der Waals surface area contributed by atoms with Crippen LogP contribution in [0.3, 0.4) is 0 Å². The molecule has 3 unspecified atom stereocenters. The molecule has 1 aromatic heterocycles. The van der Waals surface area contributed by atoms with E-state index in [4.69, 9.17) is 9.15 Å². The Labute approximate surface area is 121 Å². The molecule has 0 bridgehead atoms. The number of ether oxygens (including phenoxy) is 1. The van der Waals surface area contributed by atoms with Crippen LogP contribution in [0.25, 0.3) is 0 Å². The van der Waals surface area contributed by atoms with Gasteiger partial charge in [0.05, 0.1) is 19.0 Å². The van der Waals surface area contributed by atoms with Gasteiger partial charge < -0.3 is 14.3 Å². The van der Waals surface area contributed by atoms with Crippen molar-refractivity contribution in [1.82, 2.24) is 4.90 Å². The van der Waals surface area contributed by atoms with Crippen molar-refractivity contribution in [3.8, 4) is 0 Å². The van der Waals surface area contributed by atoms with E-state index in [0.29, 0.717) is 25.8 Å². The second kappa shape index (κ2) is 7.81. The normalized spacial score (nSPS) is 26.4. The molecule has 0 radical (unpaired) electrons. The molecular weight excluding hydrogens is 254 g/mol. The number of aliphatic hydroxyl groups is 1. The first-order valence-corrected chi connectivity index (χ1v) is 7.67. The average Bonchev–Trinajstić information content (AvgIpc) is 2.85. The van der Waals surface area contributed by atoms with E-state index in [1.54, 1.807) is 6.26 Å². The average molecular weight is 281 g/mol. The van der Waals surface area contributed by atoms with Crippen molar-refractivity contribution < 1.29 is 14.3 Å². The van der Waals surface area contributed by atoms with Gasteiger partial charge in [0.1, 0.15) is 12.4 Å². The van der Waals surface area contributed by atoms with Crippen molar-refractivity contribution in [3.63, 3.8) is 0 Å². The van der Waals surface area contributed by atoms with Gasteiger partial charge in [0, 0.05) is 19.1 Å². The van der Waals surface area contributed by atoms with Gasteiger partial charge >= 0.3 is 0 Å². The van der Waals surface area contributed by atoms with Gasteiger partial charge in [0.15, 0.2) is 0 Å². The molecule has 2 rings (SSSR count). The first-order chi connectivity index (χ1) is 9.65. The number of β-amino-alcohol motifs (C(OH)–C–C–N with tert-alkyl or cyclic N) is 1. The van der Waals surface area contributed by atoms with Gasteiger partial charge in [-0.25, -0.2) is 0 Å². The maximum atomic E-state index is 10.1. The van der Waals surface area contributed by atoms with E-state index in [-0.39, 0.29) is 0 Å². The topological polar surface area (TPSA) is 45.8 Å². The Hall–Kier alpha value is -0.840. The molecule has 0 spiro atoms. The Balaban J connectivity index is 1.70. The molecule has 114 valence electrons. The molecule has 3 atom stereocenters. The smallest absolute Gasteiger partial charge is 0.129 e. The lowest BCUT2D eigenvalue weighted by molar-refractivity contribution is -0.00190. The lowest BCUT2D eigenvalue weighted by Crippen LogP contribution is -2.41. The summed E-state index contributed by atoms with van der Waals surface area (Å²) in [6.07, 6.45) is 5.02. The number of likely N-dealkylation sites (tertiary alicyclic amines) is 1. The van der Waals surface area contributed by atoms with Crippen molar-refractivity contribution in [2.75, 3.05) is 19.7 Å². The molecular formula is C16H27NO3. The highest BCUT2D eigenvalue weighted by molar-refractivity contribution is 4.96. The van der Waals surface area contributed by atoms with Crippen LogP contribution in [0, 0.1) is 5.92 Å². The summed E-state index contributed by atoms with van der Waals surface area (Å²) in [4.78, 5) is 2.40. The van der Waals surface area contributed by atoms with E-state index >= 15 is 0 Å². The summed E-state index contributed by atoms with van der Waals surface area (Å²) in [7, 11) is 0. The van der Waals surface area contributed by atoms with E-state index in [1.165, 1.54) is 19.3 Å². The highest BCUT2D eigenvalue weighted by atomic mass is 16.5. The molecule has 0 aromatic carbocycles. The third-order valence-electron chi connectivity index (χ3n) is 4.07. The monoisotopic (exact) mass is 281 g/mol. The van der Waals surface area contributed by atoms with E-state index in [2.05, 4.69) is 18.7 Å². The third-order valence-corrected chi connectivity index (χ3v) is 4.07. The predicted octanol–water partition coefficient (Wildman–Crippen LogP) is 2.67. The highest BCUT2D eigenvalue weighted by Crippen LogP contribution is 2.20. The van der Waals surface area contributed by atoms with Crippen LogP contribution in [0.15, 0.2) is 22.8 Å². The predicted molar refractivity (Wildman–Crippen MR) is 78.4 cm³/mol. The second-order valence-electron chi connectivity index (χ2n) is 6.09. The lowest BCUT2D eigenvalue weighted by atomic mass is 10.1. The maximum Gasteiger partial charge on any atom is 0.129 e. The first-order valence-electron chi connectivity index (χ1n) is 7.67. The van der Waals surface area contributed by atoms with Gasteiger partial charge in [-0.05, 0) is 37.8 Å². The minimum atomic E-state index is -0.433. The molecule has 1 aliphatic rings. The summed E-state index contributed by atoms with van der Waals surface area (Å²) in [6, 6.07) is 4.28. The molecule has 1 aliphatic heterocycles. The number of hydrogen-bond acceptors (Lipinski definition) is 4. The first kappa shape index (κ1) is 15.5. The van der Waals surface area contributed by atoms with Crippen LogP contribution in [-0.4, -0.2) is 41.8 Å². The van der Waals surface area contributed by atoms with Crippen LogP contribution in [-0.2, 0) is 11.3 Å². The zero-order chi connectivity index (χ0) is 14.4. The van der Waals surface area contributed by atoms with Crippen molar-refractivity contribution in [1.29, 1.82) is 0 Å². The van der Waals surface area contributed by atoms with Crippen LogP contribution < -0.4 is 0 Å². The van der Waals surface area contributed by atoms with Crippen LogP contribution in [0.2, 0.25) is 0 Å². The zero-order valence-corrected chi connectivity index (χ0v) is 12.6. The van der Waals surface area contributed by atoms with Crippen LogP contribution in [0.4, 0.5) is 0 Å². The molecule has 4 nitrogen and oxygen atoms in total. The Morgan fingerprint density at radius 1 is 1.45 bits per heavy atom. The van der Waals surface area contributed by atoms with Crippen molar-refractivity contribution in [2.24, 2.45) is 5.92 Å². The van der Waals surface area contributed by atoms with Gasteiger partial charge in [0.2, 0.25) is 0 Å². The minimum absolute atomic E-state index is 0.359. The fourth-order valence-corrected chi connectivity index (χ4v) is 2.88. The van der Waals surface area contributed by atoms with E-state index < -0.39 is 6.10 Å². The lowest BCUT2D eigenvalue weighted by Gasteiger charge is -2.30. The molecule has 4 heteroatoms. The summed E-state index contributed by atoms with van der Waals surface area (Å²) in [6.45, 7) is 7.12.